The smallest absolute Gasteiger partial charge is 0.200 e. The summed E-state index contributed by atoms with van der Waals surface area (Å²) in [4.78, 5) is 0. The van der Waals surface area contributed by atoms with Crippen molar-refractivity contribution in [3.63, 3.8) is 0 Å². The van der Waals surface area contributed by atoms with Gasteiger partial charge < -0.3 is 5.32 Å². The molecule has 3 rings (SSSR count). The molecule has 1 N–H and O–H groups in total. The van der Waals surface area contributed by atoms with Crippen LogP contribution in [0.3, 0.4) is 0 Å². The summed E-state index contributed by atoms with van der Waals surface area (Å²) in [5, 5.41) is 19.2. The zero-order valence-electron chi connectivity index (χ0n) is 13.8. The van der Waals surface area contributed by atoms with Crippen LogP contribution in [-0.4, -0.2) is 25.3 Å². The van der Waals surface area contributed by atoms with Gasteiger partial charge in [0.2, 0.25) is 0 Å². The number of benzene rings is 1. The van der Waals surface area contributed by atoms with Gasteiger partial charge in [-0.25, -0.2) is 0 Å². The summed E-state index contributed by atoms with van der Waals surface area (Å²) < 4.78 is 1.43. The van der Waals surface area contributed by atoms with Gasteiger partial charge in [0.25, 0.3) is 0 Å². The molecular formula is C17H22N6. The Morgan fingerprint density at radius 3 is 2.57 bits per heavy atom. The van der Waals surface area contributed by atoms with Gasteiger partial charge in [0.1, 0.15) is 5.82 Å². The molecule has 2 aromatic heterocycles. The van der Waals surface area contributed by atoms with Crippen LogP contribution in [0.15, 0.2) is 36.4 Å². The van der Waals surface area contributed by atoms with E-state index in [-0.39, 0.29) is 6.04 Å². The van der Waals surface area contributed by atoms with E-state index in [9.17, 15) is 0 Å². The van der Waals surface area contributed by atoms with Gasteiger partial charge in [-0.1, -0.05) is 51.5 Å². The zero-order valence-corrected chi connectivity index (χ0v) is 13.8. The molecule has 0 bridgehead atoms. The van der Waals surface area contributed by atoms with E-state index in [1.807, 2.05) is 12.1 Å². The number of nitrogens with zero attached hydrogens (tertiary/aromatic N) is 5. The van der Waals surface area contributed by atoms with Crippen molar-refractivity contribution < 1.29 is 0 Å². The molecule has 120 valence electrons. The molecule has 0 aliphatic rings. The second kappa shape index (κ2) is 6.73. The molecule has 0 amide bonds. The number of aromatic nitrogens is 5. The highest BCUT2D eigenvalue weighted by atomic mass is 15.6. The first-order valence-electron chi connectivity index (χ1n) is 8.08. The van der Waals surface area contributed by atoms with E-state index in [0.717, 1.165) is 12.2 Å². The second-order valence-corrected chi connectivity index (χ2v) is 6.10. The van der Waals surface area contributed by atoms with Gasteiger partial charge in [0.15, 0.2) is 5.65 Å². The maximum atomic E-state index is 4.40. The molecule has 0 fully saturated rings. The highest BCUT2D eigenvalue weighted by Gasteiger charge is 2.16. The van der Waals surface area contributed by atoms with E-state index >= 15 is 0 Å². The van der Waals surface area contributed by atoms with E-state index in [1.54, 1.807) is 0 Å². The fourth-order valence-corrected chi connectivity index (χ4v) is 2.70. The lowest BCUT2D eigenvalue weighted by Gasteiger charge is -2.23. The molecule has 6 nitrogen and oxygen atoms in total. The number of rotatable bonds is 6. The molecule has 0 radical (unpaired) electrons. The molecule has 23 heavy (non-hydrogen) atoms. The summed E-state index contributed by atoms with van der Waals surface area (Å²) in [7, 11) is 0. The lowest BCUT2D eigenvalue weighted by atomic mass is 9.94. The normalized spacial score (nSPS) is 12.7. The standard InChI is InChI=1S/C17H22N6/c1-4-5-13-6-8-14(9-7-13)17(12(2)3)18-15-10-11-16-19-21-22-23(16)20-15/h6-12,17H,4-5H2,1-3H3,(H,18,20)/t17-/m1/s1. The van der Waals surface area contributed by atoms with E-state index in [4.69, 9.17) is 0 Å². The largest absolute Gasteiger partial charge is 0.362 e. The first-order chi connectivity index (χ1) is 11.2. The number of aryl methyl sites for hydroxylation is 1. The third kappa shape index (κ3) is 3.47. The van der Waals surface area contributed by atoms with Crippen LogP contribution >= 0.6 is 0 Å². The predicted octanol–water partition coefficient (Wildman–Crippen LogP) is 3.28. The first-order valence-corrected chi connectivity index (χ1v) is 8.08. The molecule has 0 saturated heterocycles. The number of hydrogen-bond donors (Lipinski definition) is 1. The molecule has 3 aromatic rings. The van der Waals surface area contributed by atoms with Gasteiger partial charge >= 0.3 is 0 Å². The summed E-state index contributed by atoms with van der Waals surface area (Å²) in [6, 6.07) is 12.8. The van der Waals surface area contributed by atoms with Crippen LogP contribution in [0.2, 0.25) is 0 Å². The Balaban J connectivity index is 1.83. The average molecular weight is 310 g/mol. The summed E-state index contributed by atoms with van der Waals surface area (Å²) in [6.07, 6.45) is 2.29. The van der Waals surface area contributed by atoms with Gasteiger partial charge in [0.05, 0.1) is 6.04 Å². The van der Waals surface area contributed by atoms with Crippen molar-refractivity contribution in [1.82, 2.24) is 25.3 Å². The van der Waals surface area contributed by atoms with E-state index in [1.165, 1.54) is 22.2 Å². The molecule has 0 aliphatic carbocycles. The van der Waals surface area contributed by atoms with Crippen LogP contribution in [0.4, 0.5) is 5.82 Å². The fourth-order valence-electron chi connectivity index (χ4n) is 2.70. The summed E-state index contributed by atoms with van der Waals surface area (Å²) >= 11 is 0. The number of nitrogens with one attached hydrogen (secondary N) is 1. The van der Waals surface area contributed by atoms with Crippen LogP contribution in [0.1, 0.15) is 44.4 Å². The number of hydrogen-bond acceptors (Lipinski definition) is 5. The summed E-state index contributed by atoms with van der Waals surface area (Å²) in [6.45, 7) is 6.60. The van der Waals surface area contributed by atoms with Crippen LogP contribution in [-0.2, 0) is 6.42 Å². The van der Waals surface area contributed by atoms with Crippen molar-refractivity contribution in [3.05, 3.63) is 47.5 Å². The molecule has 2 heterocycles. The molecule has 0 aliphatic heterocycles. The van der Waals surface area contributed by atoms with E-state index in [2.05, 4.69) is 71.0 Å². The van der Waals surface area contributed by atoms with E-state index in [0.29, 0.717) is 11.6 Å². The van der Waals surface area contributed by atoms with Crippen molar-refractivity contribution >= 4 is 11.5 Å². The number of tetrazole rings is 1. The Labute approximate surface area is 135 Å². The lowest BCUT2D eigenvalue weighted by molar-refractivity contribution is 0.542. The van der Waals surface area contributed by atoms with Gasteiger partial charge in [-0.05, 0) is 46.0 Å². The monoisotopic (exact) mass is 310 g/mol. The van der Waals surface area contributed by atoms with Crippen molar-refractivity contribution in [2.45, 2.75) is 39.7 Å². The molecule has 0 saturated carbocycles. The minimum Gasteiger partial charge on any atom is -0.362 e. The molecule has 0 spiro atoms. The molecule has 0 unspecified atom stereocenters. The average Bonchev–Trinajstić information content (AvgIpc) is 3.01. The van der Waals surface area contributed by atoms with Crippen LogP contribution < -0.4 is 5.32 Å². The fraction of sp³-hybridized carbons (Fsp3) is 0.412. The Bertz CT molecular complexity index is 762. The summed E-state index contributed by atoms with van der Waals surface area (Å²) in [5.74, 6) is 1.19. The Kier molecular flexibility index (Phi) is 4.50. The predicted molar refractivity (Wildman–Crippen MR) is 90.2 cm³/mol. The maximum absolute atomic E-state index is 4.40. The van der Waals surface area contributed by atoms with Gasteiger partial charge in [-0.2, -0.15) is 0 Å². The quantitative estimate of drug-likeness (QED) is 0.756. The van der Waals surface area contributed by atoms with Crippen LogP contribution in [0.25, 0.3) is 5.65 Å². The Hall–Kier alpha value is -2.50. The second-order valence-electron chi connectivity index (χ2n) is 6.10. The topological polar surface area (TPSA) is 68.0 Å². The Morgan fingerprint density at radius 1 is 1.09 bits per heavy atom. The van der Waals surface area contributed by atoms with Crippen molar-refractivity contribution in [3.8, 4) is 0 Å². The van der Waals surface area contributed by atoms with E-state index < -0.39 is 0 Å². The Morgan fingerprint density at radius 2 is 1.87 bits per heavy atom. The number of fused-ring (bicyclic) bond motifs is 1. The molecular weight excluding hydrogens is 288 g/mol. The highest BCUT2D eigenvalue weighted by Crippen LogP contribution is 2.26. The SMILES string of the molecule is CCCc1ccc([C@H](Nc2ccc3nnnn3n2)C(C)C)cc1. The highest BCUT2D eigenvalue weighted by molar-refractivity contribution is 5.44. The molecule has 1 aromatic carbocycles. The van der Waals surface area contributed by atoms with Gasteiger partial charge in [-0.3, -0.25) is 0 Å². The minimum absolute atomic E-state index is 0.187. The van der Waals surface area contributed by atoms with Crippen LogP contribution in [0.5, 0.6) is 0 Å². The summed E-state index contributed by atoms with van der Waals surface area (Å²) in [5.41, 5.74) is 3.28. The van der Waals surface area contributed by atoms with Crippen molar-refractivity contribution in [2.24, 2.45) is 5.92 Å². The minimum atomic E-state index is 0.187. The lowest BCUT2D eigenvalue weighted by Crippen LogP contribution is -2.18. The number of anilines is 1. The zero-order chi connectivity index (χ0) is 16.2. The van der Waals surface area contributed by atoms with Gasteiger partial charge in [0, 0.05) is 0 Å². The van der Waals surface area contributed by atoms with Crippen molar-refractivity contribution in [2.75, 3.05) is 5.32 Å². The first kappa shape index (κ1) is 15.4. The molecule has 6 heteroatoms. The van der Waals surface area contributed by atoms with Crippen LogP contribution in [0, 0.1) is 5.92 Å². The third-order valence-electron chi connectivity index (χ3n) is 3.92. The molecule has 1 atom stereocenters. The maximum Gasteiger partial charge on any atom is 0.200 e. The third-order valence-corrected chi connectivity index (χ3v) is 3.92. The van der Waals surface area contributed by atoms with Crippen molar-refractivity contribution in [1.29, 1.82) is 0 Å². The van der Waals surface area contributed by atoms with Gasteiger partial charge in [-0.15, -0.1) is 14.8 Å².